The van der Waals surface area contributed by atoms with Crippen molar-refractivity contribution in [1.82, 2.24) is 9.97 Å². The standard InChI is InChI=1S/C16H21N3O2/c1-6-17-15-14(20-5)16(19-9-18-15)21-13-11(3)8-7-10(2)12(13)4/h7-9H,6H2,1-5H3,(H,17,18,19). The molecule has 0 radical (unpaired) electrons. The largest absolute Gasteiger partial charge is 0.489 e. The van der Waals surface area contributed by atoms with Crippen molar-refractivity contribution in [3.63, 3.8) is 0 Å². The number of nitrogens with one attached hydrogen (secondary N) is 1. The lowest BCUT2D eigenvalue weighted by Gasteiger charge is -2.16. The number of aryl methyl sites for hydroxylation is 2. The fourth-order valence-corrected chi connectivity index (χ4v) is 2.09. The molecule has 1 heterocycles. The van der Waals surface area contributed by atoms with Crippen LogP contribution in [0, 0.1) is 20.8 Å². The number of benzene rings is 1. The summed E-state index contributed by atoms with van der Waals surface area (Å²) in [5.74, 6) is 2.38. The van der Waals surface area contributed by atoms with Crippen molar-refractivity contribution in [2.24, 2.45) is 0 Å². The average molecular weight is 287 g/mol. The molecular weight excluding hydrogens is 266 g/mol. The molecule has 1 aromatic carbocycles. The Kier molecular flexibility index (Phi) is 4.62. The van der Waals surface area contributed by atoms with Crippen molar-refractivity contribution in [2.75, 3.05) is 19.0 Å². The van der Waals surface area contributed by atoms with Crippen LogP contribution in [-0.4, -0.2) is 23.6 Å². The van der Waals surface area contributed by atoms with Crippen LogP contribution in [0.3, 0.4) is 0 Å². The van der Waals surface area contributed by atoms with Gasteiger partial charge in [0.25, 0.3) is 5.88 Å². The van der Waals surface area contributed by atoms with E-state index in [-0.39, 0.29) is 0 Å². The van der Waals surface area contributed by atoms with Gasteiger partial charge in [0, 0.05) is 6.54 Å². The molecule has 0 aliphatic carbocycles. The number of hydrogen-bond acceptors (Lipinski definition) is 5. The summed E-state index contributed by atoms with van der Waals surface area (Å²) in [6, 6.07) is 4.12. The smallest absolute Gasteiger partial charge is 0.268 e. The number of nitrogens with zero attached hydrogens (tertiary/aromatic N) is 2. The highest BCUT2D eigenvalue weighted by molar-refractivity contribution is 5.57. The van der Waals surface area contributed by atoms with E-state index in [0.717, 1.165) is 23.4 Å². The number of hydrogen-bond donors (Lipinski definition) is 1. The molecule has 1 aromatic heterocycles. The molecule has 0 bridgehead atoms. The molecule has 2 rings (SSSR count). The van der Waals surface area contributed by atoms with E-state index in [0.29, 0.717) is 17.4 Å². The Hall–Kier alpha value is -2.30. The van der Waals surface area contributed by atoms with E-state index < -0.39 is 0 Å². The third-order valence-corrected chi connectivity index (χ3v) is 3.39. The van der Waals surface area contributed by atoms with Gasteiger partial charge in [-0.2, -0.15) is 4.98 Å². The van der Waals surface area contributed by atoms with Crippen LogP contribution in [0.25, 0.3) is 0 Å². The van der Waals surface area contributed by atoms with Gasteiger partial charge in [-0.25, -0.2) is 4.98 Å². The van der Waals surface area contributed by atoms with Crippen molar-refractivity contribution in [3.05, 3.63) is 35.2 Å². The second kappa shape index (κ2) is 6.43. The molecule has 0 aliphatic rings. The van der Waals surface area contributed by atoms with Crippen LogP contribution in [0.4, 0.5) is 5.82 Å². The fraction of sp³-hybridized carbons (Fsp3) is 0.375. The second-order valence-electron chi connectivity index (χ2n) is 4.85. The minimum absolute atomic E-state index is 0.417. The molecule has 21 heavy (non-hydrogen) atoms. The first-order valence-electron chi connectivity index (χ1n) is 6.96. The number of ether oxygens (including phenoxy) is 2. The van der Waals surface area contributed by atoms with Gasteiger partial charge >= 0.3 is 0 Å². The van der Waals surface area contributed by atoms with E-state index in [2.05, 4.69) is 28.3 Å². The van der Waals surface area contributed by atoms with E-state index >= 15 is 0 Å². The van der Waals surface area contributed by atoms with Gasteiger partial charge in [0.2, 0.25) is 5.75 Å². The van der Waals surface area contributed by atoms with Crippen molar-refractivity contribution in [2.45, 2.75) is 27.7 Å². The SMILES string of the molecule is CCNc1ncnc(Oc2c(C)ccc(C)c2C)c1OC. The highest BCUT2D eigenvalue weighted by Gasteiger charge is 2.16. The minimum atomic E-state index is 0.417. The lowest BCUT2D eigenvalue weighted by molar-refractivity contribution is 0.367. The lowest BCUT2D eigenvalue weighted by Crippen LogP contribution is -2.05. The molecule has 1 N–H and O–H groups in total. The lowest BCUT2D eigenvalue weighted by atomic mass is 10.1. The first-order valence-corrected chi connectivity index (χ1v) is 6.96. The molecule has 0 unspecified atom stereocenters. The van der Waals surface area contributed by atoms with Crippen molar-refractivity contribution >= 4 is 5.82 Å². The van der Waals surface area contributed by atoms with E-state index in [1.807, 2.05) is 26.8 Å². The number of aromatic nitrogens is 2. The molecule has 5 heteroatoms. The number of methoxy groups -OCH3 is 1. The molecule has 0 saturated carbocycles. The molecule has 2 aromatic rings. The van der Waals surface area contributed by atoms with E-state index in [9.17, 15) is 0 Å². The zero-order valence-electron chi connectivity index (χ0n) is 13.2. The highest BCUT2D eigenvalue weighted by atomic mass is 16.5. The first-order chi connectivity index (χ1) is 10.1. The normalized spacial score (nSPS) is 10.3. The van der Waals surface area contributed by atoms with Crippen molar-refractivity contribution in [1.29, 1.82) is 0 Å². The maximum atomic E-state index is 6.01. The summed E-state index contributed by atoms with van der Waals surface area (Å²) in [6.07, 6.45) is 1.47. The van der Waals surface area contributed by atoms with Crippen LogP contribution in [0.1, 0.15) is 23.6 Å². The Balaban J connectivity index is 2.45. The summed E-state index contributed by atoms with van der Waals surface area (Å²) in [4.78, 5) is 8.38. The Morgan fingerprint density at radius 3 is 2.43 bits per heavy atom. The monoisotopic (exact) mass is 287 g/mol. The third-order valence-electron chi connectivity index (χ3n) is 3.39. The van der Waals surface area contributed by atoms with Crippen LogP contribution < -0.4 is 14.8 Å². The van der Waals surface area contributed by atoms with Crippen molar-refractivity contribution in [3.8, 4) is 17.4 Å². The van der Waals surface area contributed by atoms with Gasteiger partial charge in [0.15, 0.2) is 5.82 Å². The van der Waals surface area contributed by atoms with Gasteiger partial charge in [0.05, 0.1) is 7.11 Å². The van der Waals surface area contributed by atoms with Gasteiger partial charge in [-0.05, 0) is 44.4 Å². The van der Waals surface area contributed by atoms with Gasteiger partial charge in [-0.1, -0.05) is 12.1 Å². The molecule has 112 valence electrons. The summed E-state index contributed by atoms with van der Waals surface area (Å²) in [5.41, 5.74) is 3.33. The summed E-state index contributed by atoms with van der Waals surface area (Å²) in [7, 11) is 1.59. The Morgan fingerprint density at radius 1 is 1.05 bits per heavy atom. The average Bonchev–Trinajstić information content (AvgIpc) is 2.48. The van der Waals surface area contributed by atoms with Crippen molar-refractivity contribution < 1.29 is 9.47 Å². The van der Waals surface area contributed by atoms with Crippen LogP contribution in [0.15, 0.2) is 18.5 Å². The third kappa shape index (κ3) is 3.07. The quantitative estimate of drug-likeness (QED) is 0.910. The Labute approximate surface area is 125 Å². The maximum absolute atomic E-state index is 6.01. The Bertz CT molecular complexity index is 642. The van der Waals surface area contributed by atoms with E-state index in [1.54, 1.807) is 7.11 Å². The number of anilines is 1. The predicted octanol–water partition coefficient (Wildman–Crippen LogP) is 3.63. The van der Waals surface area contributed by atoms with Crippen LogP contribution in [-0.2, 0) is 0 Å². The summed E-state index contributed by atoms with van der Waals surface area (Å²) in [5, 5.41) is 3.14. The summed E-state index contributed by atoms with van der Waals surface area (Å²) >= 11 is 0. The van der Waals surface area contributed by atoms with Gasteiger partial charge in [0.1, 0.15) is 12.1 Å². The summed E-state index contributed by atoms with van der Waals surface area (Å²) in [6.45, 7) is 8.85. The van der Waals surface area contributed by atoms with Crippen LogP contribution >= 0.6 is 0 Å². The predicted molar refractivity (Wildman–Crippen MR) is 83.5 cm³/mol. The first kappa shape index (κ1) is 15.1. The van der Waals surface area contributed by atoms with E-state index in [1.165, 1.54) is 11.9 Å². The second-order valence-corrected chi connectivity index (χ2v) is 4.85. The van der Waals surface area contributed by atoms with Gasteiger partial charge in [-0.3, -0.25) is 0 Å². The molecule has 0 spiro atoms. The topological polar surface area (TPSA) is 56.3 Å². The zero-order valence-corrected chi connectivity index (χ0v) is 13.2. The zero-order chi connectivity index (χ0) is 15.4. The maximum Gasteiger partial charge on any atom is 0.268 e. The van der Waals surface area contributed by atoms with Gasteiger partial charge < -0.3 is 14.8 Å². The highest BCUT2D eigenvalue weighted by Crippen LogP contribution is 2.37. The van der Waals surface area contributed by atoms with Gasteiger partial charge in [-0.15, -0.1) is 0 Å². The Morgan fingerprint density at radius 2 is 1.76 bits per heavy atom. The van der Waals surface area contributed by atoms with E-state index in [4.69, 9.17) is 9.47 Å². The molecule has 0 atom stereocenters. The molecule has 5 nitrogen and oxygen atoms in total. The van der Waals surface area contributed by atoms with Crippen LogP contribution in [0.2, 0.25) is 0 Å². The molecule has 0 amide bonds. The summed E-state index contributed by atoms with van der Waals surface area (Å²) < 4.78 is 11.4. The number of rotatable bonds is 5. The minimum Gasteiger partial charge on any atom is -0.489 e. The molecule has 0 saturated heterocycles. The fourth-order valence-electron chi connectivity index (χ4n) is 2.09. The van der Waals surface area contributed by atoms with Crippen LogP contribution in [0.5, 0.6) is 17.4 Å². The molecule has 0 aliphatic heterocycles. The molecule has 0 fully saturated rings. The molecular formula is C16H21N3O2.